The van der Waals surface area contributed by atoms with Crippen molar-refractivity contribution in [3.05, 3.63) is 89.2 Å². The molecule has 2 amide bonds. The number of amides is 2. The van der Waals surface area contributed by atoms with E-state index in [-0.39, 0.29) is 17.7 Å². The molecule has 0 aliphatic heterocycles. The number of nitrogens with zero attached hydrogens (tertiary/aromatic N) is 2. The summed E-state index contributed by atoms with van der Waals surface area (Å²) in [5.74, 6) is 0.0233. The number of hydrogen-bond donors (Lipinski definition) is 1. The summed E-state index contributed by atoms with van der Waals surface area (Å²) in [5.41, 5.74) is 2.74. The van der Waals surface area contributed by atoms with Crippen molar-refractivity contribution in [1.82, 2.24) is 4.98 Å². The number of anilines is 2. The second kappa shape index (κ2) is 8.45. The quantitative estimate of drug-likeness (QED) is 0.632. The topological polar surface area (TPSA) is 62.3 Å². The van der Waals surface area contributed by atoms with Crippen LogP contribution in [0.3, 0.4) is 0 Å². The smallest absolute Gasteiger partial charge is 0.258 e. The zero-order valence-electron chi connectivity index (χ0n) is 15.7. The molecule has 29 heavy (non-hydrogen) atoms. The average molecular weight is 406 g/mol. The number of aromatic nitrogens is 1. The van der Waals surface area contributed by atoms with E-state index in [1.54, 1.807) is 47.5 Å². The first-order valence-corrected chi connectivity index (χ1v) is 9.86. The van der Waals surface area contributed by atoms with Gasteiger partial charge in [0.2, 0.25) is 5.91 Å². The summed E-state index contributed by atoms with van der Waals surface area (Å²) in [5, 5.41) is 3.49. The minimum atomic E-state index is -0.155. The lowest BCUT2D eigenvalue weighted by Gasteiger charge is -2.23. The molecule has 1 saturated carbocycles. The number of nitrogens with one attached hydrogen (secondary N) is 1. The number of rotatable bonds is 6. The number of halogens is 1. The third kappa shape index (κ3) is 4.81. The van der Waals surface area contributed by atoms with Crippen LogP contribution in [0.2, 0.25) is 5.02 Å². The van der Waals surface area contributed by atoms with Gasteiger partial charge < -0.3 is 10.2 Å². The van der Waals surface area contributed by atoms with E-state index in [0.29, 0.717) is 22.8 Å². The van der Waals surface area contributed by atoms with Crippen LogP contribution in [0.15, 0.2) is 72.9 Å². The molecule has 0 atom stereocenters. The molecule has 5 nitrogen and oxygen atoms in total. The highest BCUT2D eigenvalue weighted by Gasteiger charge is 2.29. The molecule has 1 heterocycles. The molecule has 4 rings (SSSR count). The maximum Gasteiger partial charge on any atom is 0.258 e. The zero-order valence-corrected chi connectivity index (χ0v) is 16.5. The Bertz CT molecular complexity index is 1000. The standard InChI is InChI=1S/C23H20ClN3O2/c24-18-8-12-21(13-9-18)27(15-20-3-1-2-14-25-20)23(29)17-6-10-19(11-7-17)26-22(28)16-4-5-16/h1-3,6-14,16H,4-5,15H2,(H,26,28). The lowest BCUT2D eigenvalue weighted by Crippen LogP contribution is -2.30. The van der Waals surface area contributed by atoms with E-state index in [1.807, 2.05) is 30.3 Å². The molecule has 0 radical (unpaired) electrons. The van der Waals surface area contributed by atoms with Gasteiger partial charge in [-0.1, -0.05) is 17.7 Å². The van der Waals surface area contributed by atoms with Crippen molar-refractivity contribution in [2.24, 2.45) is 5.92 Å². The highest BCUT2D eigenvalue weighted by Crippen LogP contribution is 2.30. The van der Waals surface area contributed by atoms with Gasteiger partial charge in [-0.15, -0.1) is 0 Å². The van der Waals surface area contributed by atoms with Crippen molar-refractivity contribution in [1.29, 1.82) is 0 Å². The number of carbonyl (C=O) groups excluding carboxylic acids is 2. The van der Waals surface area contributed by atoms with Crippen molar-refractivity contribution in [3.8, 4) is 0 Å². The number of carbonyl (C=O) groups is 2. The minimum Gasteiger partial charge on any atom is -0.326 e. The van der Waals surface area contributed by atoms with Crippen LogP contribution in [-0.2, 0) is 11.3 Å². The monoisotopic (exact) mass is 405 g/mol. The Kier molecular flexibility index (Phi) is 5.58. The van der Waals surface area contributed by atoms with Crippen molar-refractivity contribution in [2.75, 3.05) is 10.2 Å². The molecule has 1 fully saturated rings. The second-order valence-corrected chi connectivity index (χ2v) is 7.47. The van der Waals surface area contributed by atoms with Crippen LogP contribution in [0, 0.1) is 5.92 Å². The molecule has 146 valence electrons. The molecule has 6 heteroatoms. The fraction of sp³-hybridized carbons (Fsp3) is 0.174. The first-order chi connectivity index (χ1) is 14.1. The summed E-state index contributed by atoms with van der Waals surface area (Å²) >= 11 is 6.01. The molecule has 1 N–H and O–H groups in total. The van der Waals surface area contributed by atoms with Gasteiger partial charge in [0.15, 0.2) is 0 Å². The molecule has 0 saturated heterocycles. The molecule has 2 aromatic carbocycles. The largest absolute Gasteiger partial charge is 0.326 e. The van der Waals surface area contributed by atoms with E-state index in [9.17, 15) is 9.59 Å². The van der Waals surface area contributed by atoms with Crippen LogP contribution in [0.5, 0.6) is 0 Å². The van der Waals surface area contributed by atoms with Crippen LogP contribution in [-0.4, -0.2) is 16.8 Å². The molecule has 3 aromatic rings. The van der Waals surface area contributed by atoms with E-state index in [1.165, 1.54) is 0 Å². The second-order valence-electron chi connectivity index (χ2n) is 7.03. The Morgan fingerprint density at radius 3 is 2.34 bits per heavy atom. The summed E-state index contributed by atoms with van der Waals surface area (Å²) in [6.07, 6.45) is 3.61. The van der Waals surface area contributed by atoms with Gasteiger partial charge in [0.1, 0.15) is 0 Å². The number of pyridine rings is 1. The third-order valence-corrected chi connectivity index (χ3v) is 5.03. The average Bonchev–Trinajstić information content (AvgIpc) is 3.59. The normalized spacial score (nSPS) is 13.0. The third-order valence-electron chi connectivity index (χ3n) is 4.78. The van der Waals surface area contributed by atoms with Crippen LogP contribution in [0.4, 0.5) is 11.4 Å². The Hall–Kier alpha value is -3.18. The Balaban J connectivity index is 1.56. The van der Waals surface area contributed by atoms with Gasteiger partial charge >= 0.3 is 0 Å². The maximum atomic E-state index is 13.3. The summed E-state index contributed by atoms with van der Waals surface area (Å²) < 4.78 is 0. The van der Waals surface area contributed by atoms with Crippen LogP contribution in [0.25, 0.3) is 0 Å². The van der Waals surface area contributed by atoms with Gasteiger partial charge in [0.05, 0.1) is 12.2 Å². The molecule has 1 aromatic heterocycles. The Labute approximate surface area is 174 Å². The molecule has 0 unspecified atom stereocenters. The van der Waals surface area contributed by atoms with Gasteiger partial charge in [0, 0.05) is 34.1 Å². The zero-order chi connectivity index (χ0) is 20.2. The van der Waals surface area contributed by atoms with Gasteiger partial charge in [-0.05, 0) is 73.5 Å². The Morgan fingerprint density at radius 2 is 1.72 bits per heavy atom. The molecule has 0 spiro atoms. The van der Waals surface area contributed by atoms with Gasteiger partial charge in [0.25, 0.3) is 5.91 Å². The van der Waals surface area contributed by atoms with E-state index in [2.05, 4.69) is 10.3 Å². The number of benzene rings is 2. The molecule has 1 aliphatic rings. The fourth-order valence-electron chi connectivity index (χ4n) is 3.00. The van der Waals surface area contributed by atoms with Crippen LogP contribution >= 0.6 is 11.6 Å². The van der Waals surface area contributed by atoms with Gasteiger partial charge in [-0.3, -0.25) is 14.6 Å². The predicted molar refractivity (Wildman–Crippen MR) is 114 cm³/mol. The van der Waals surface area contributed by atoms with Gasteiger partial charge in [-0.25, -0.2) is 0 Å². The molecule has 1 aliphatic carbocycles. The van der Waals surface area contributed by atoms with Crippen molar-refractivity contribution in [3.63, 3.8) is 0 Å². The van der Waals surface area contributed by atoms with Crippen molar-refractivity contribution >= 4 is 34.8 Å². The SMILES string of the molecule is O=C(Nc1ccc(C(=O)N(Cc2ccccn2)c2ccc(Cl)cc2)cc1)C1CC1. The number of hydrogen-bond acceptors (Lipinski definition) is 3. The summed E-state index contributed by atoms with van der Waals surface area (Å²) in [7, 11) is 0. The summed E-state index contributed by atoms with van der Waals surface area (Å²) in [6, 6.07) is 19.7. The Morgan fingerprint density at radius 1 is 1.00 bits per heavy atom. The molecular formula is C23H20ClN3O2. The van der Waals surface area contributed by atoms with Crippen molar-refractivity contribution < 1.29 is 9.59 Å². The van der Waals surface area contributed by atoms with E-state index in [4.69, 9.17) is 11.6 Å². The highest BCUT2D eigenvalue weighted by atomic mass is 35.5. The predicted octanol–water partition coefficient (Wildman–Crippen LogP) is 4.93. The van der Waals surface area contributed by atoms with E-state index >= 15 is 0 Å². The fourth-order valence-corrected chi connectivity index (χ4v) is 3.12. The molecule has 0 bridgehead atoms. The lowest BCUT2D eigenvalue weighted by molar-refractivity contribution is -0.117. The first kappa shape index (κ1) is 19.2. The lowest BCUT2D eigenvalue weighted by atomic mass is 10.1. The highest BCUT2D eigenvalue weighted by molar-refractivity contribution is 6.30. The van der Waals surface area contributed by atoms with E-state index < -0.39 is 0 Å². The van der Waals surface area contributed by atoms with E-state index in [0.717, 1.165) is 24.2 Å². The van der Waals surface area contributed by atoms with Gasteiger partial charge in [-0.2, -0.15) is 0 Å². The summed E-state index contributed by atoms with van der Waals surface area (Å²) in [6.45, 7) is 0.335. The van der Waals surface area contributed by atoms with Crippen molar-refractivity contribution in [2.45, 2.75) is 19.4 Å². The maximum absolute atomic E-state index is 13.3. The first-order valence-electron chi connectivity index (χ1n) is 9.48. The molecular weight excluding hydrogens is 386 g/mol. The van der Waals surface area contributed by atoms with Crippen LogP contribution < -0.4 is 10.2 Å². The minimum absolute atomic E-state index is 0.0435. The summed E-state index contributed by atoms with van der Waals surface area (Å²) in [4.78, 5) is 31.2. The van der Waals surface area contributed by atoms with Crippen LogP contribution in [0.1, 0.15) is 28.9 Å².